The van der Waals surface area contributed by atoms with E-state index >= 15 is 0 Å². The summed E-state index contributed by atoms with van der Waals surface area (Å²) in [7, 11) is 0. The molecule has 1 saturated carbocycles. The summed E-state index contributed by atoms with van der Waals surface area (Å²) in [6.45, 7) is 3.03. The van der Waals surface area contributed by atoms with E-state index in [-0.39, 0.29) is 18.3 Å². The minimum atomic E-state index is -0.0256. The van der Waals surface area contributed by atoms with E-state index in [4.69, 9.17) is 9.15 Å². The molecule has 0 spiro atoms. The van der Waals surface area contributed by atoms with Crippen molar-refractivity contribution in [1.82, 2.24) is 10.2 Å². The molecule has 1 aromatic carbocycles. The van der Waals surface area contributed by atoms with Gasteiger partial charge in [-0.15, -0.1) is 12.4 Å². The zero-order valence-electron chi connectivity index (χ0n) is 15.4. The largest absolute Gasteiger partial charge is 0.489 e. The molecule has 2 aliphatic rings. The number of carbonyl (C=O) groups excluding carboxylic acids is 1. The van der Waals surface area contributed by atoms with Gasteiger partial charge in [0.05, 0.1) is 6.26 Å². The van der Waals surface area contributed by atoms with Crippen molar-refractivity contribution < 1.29 is 13.9 Å². The first-order valence-electron chi connectivity index (χ1n) is 9.56. The smallest absolute Gasteiger partial charge is 0.289 e. The van der Waals surface area contributed by atoms with Gasteiger partial charge in [-0.3, -0.25) is 4.79 Å². The molecule has 1 aliphatic heterocycles. The third-order valence-electron chi connectivity index (χ3n) is 5.25. The fourth-order valence-corrected chi connectivity index (χ4v) is 3.40. The lowest BCUT2D eigenvalue weighted by Crippen LogP contribution is -2.45. The highest BCUT2D eigenvalue weighted by atomic mass is 35.5. The van der Waals surface area contributed by atoms with Crippen molar-refractivity contribution in [2.75, 3.05) is 19.6 Å². The van der Waals surface area contributed by atoms with E-state index in [9.17, 15) is 4.79 Å². The van der Waals surface area contributed by atoms with Crippen molar-refractivity contribution in [3.8, 4) is 5.75 Å². The van der Waals surface area contributed by atoms with Crippen LogP contribution in [0.5, 0.6) is 5.75 Å². The number of rotatable bonds is 7. The molecule has 1 saturated heterocycles. The fraction of sp³-hybridized carbons (Fsp3) is 0.476. The number of amides is 1. The molecule has 2 heterocycles. The van der Waals surface area contributed by atoms with Crippen LogP contribution in [0.1, 0.15) is 41.8 Å². The molecule has 2 fully saturated rings. The highest BCUT2D eigenvalue weighted by molar-refractivity contribution is 5.93. The molecule has 6 heteroatoms. The van der Waals surface area contributed by atoms with E-state index in [1.54, 1.807) is 6.26 Å². The summed E-state index contributed by atoms with van der Waals surface area (Å²) < 4.78 is 11.3. The van der Waals surface area contributed by atoms with Gasteiger partial charge < -0.3 is 19.4 Å². The number of hydrogen-bond acceptors (Lipinski definition) is 4. The van der Waals surface area contributed by atoms with Crippen molar-refractivity contribution in [2.24, 2.45) is 5.92 Å². The zero-order chi connectivity index (χ0) is 17.8. The Balaban J connectivity index is 0.00000210. The minimum Gasteiger partial charge on any atom is -0.489 e. The van der Waals surface area contributed by atoms with Gasteiger partial charge in [-0.25, -0.2) is 0 Å². The van der Waals surface area contributed by atoms with Crippen LogP contribution in [0.2, 0.25) is 0 Å². The van der Waals surface area contributed by atoms with E-state index in [2.05, 4.69) is 5.32 Å². The van der Waals surface area contributed by atoms with Gasteiger partial charge in [-0.1, -0.05) is 18.2 Å². The number of likely N-dealkylation sites (tertiary alicyclic amines) is 1. The predicted molar refractivity (Wildman–Crippen MR) is 106 cm³/mol. The SMILES string of the molecule is Cl.O=C(c1occc1COc1ccccc1)N1CCC(NCC2CC2)CC1. The third kappa shape index (κ3) is 5.27. The molecular weight excluding hydrogens is 364 g/mol. The number of hydrogen-bond donors (Lipinski definition) is 1. The Bertz CT molecular complexity index is 722. The summed E-state index contributed by atoms with van der Waals surface area (Å²) >= 11 is 0. The van der Waals surface area contributed by atoms with E-state index in [0.29, 0.717) is 18.4 Å². The van der Waals surface area contributed by atoms with Crippen molar-refractivity contribution in [3.05, 3.63) is 54.0 Å². The number of furan rings is 1. The van der Waals surface area contributed by atoms with Crippen LogP contribution in [-0.2, 0) is 6.61 Å². The molecule has 5 nitrogen and oxygen atoms in total. The molecule has 0 radical (unpaired) electrons. The van der Waals surface area contributed by atoms with Gasteiger partial charge in [0.15, 0.2) is 5.76 Å². The lowest BCUT2D eigenvalue weighted by Gasteiger charge is -2.32. The van der Waals surface area contributed by atoms with Gasteiger partial charge in [0.25, 0.3) is 5.91 Å². The third-order valence-corrected chi connectivity index (χ3v) is 5.25. The Morgan fingerprint density at radius 1 is 1.11 bits per heavy atom. The number of nitrogens with zero attached hydrogens (tertiary/aromatic N) is 1. The topological polar surface area (TPSA) is 54.7 Å². The van der Waals surface area contributed by atoms with E-state index in [0.717, 1.165) is 49.7 Å². The molecule has 0 unspecified atom stereocenters. The highest BCUT2D eigenvalue weighted by Gasteiger charge is 2.28. The van der Waals surface area contributed by atoms with Gasteiger partial charge in [-0.2, -0.15) is 0 Å². The van der Waals surface area contributed by atoms with Crippen LogP contribution in [0, 0.1) is 5.92 Å². The molecule has 1 aromatic heterocycles. The monoisotopic (exact) mass is 390 g/mol. The maximum absolute atomic E-state index is 12.8. The van der Waals surface area contributed by atoms with Crippen molar-refractivity contribution in [1.29, 1.82) is 0 Å². The molecule has 1 amide bonds. The lowest BCUT2D eigenvalue weighted by molar-refractivity contribution is 0.0669. The first-order valence-corrected chi connectivity index (χ1v) is 9.56. The Hall–Kier alpha value is -1.98. The minimum absolute atomic E-state index is 0. The number of para-hydroxylation sites is 1. The van der Waals surface area contributed by atoms with Crippen LogP contribution < -0.4 is 10.1 Å². The lowest BCUT2D eigenvalue weighted by atomic mass is 10.0. The molecule has 4 rings (SSSR count). The predicted octanol–water partition coefficient (Wildman–Crippen LogP) is 3.88. The normalized spacial score (nSPS) is 17.4. The van der Waals surface area contributed by atoms with Crippen LogP contribution in [0.15, 0.2) is 47.1 Å². The van der Waals surface area contributed by atoms with E-state index < -0.39 is 0 Å². The Morgan fingerprint density at radius 2 is 1.85 bits per heavy atom. The van der Waals surface area contributed by atoms with Crippen LogP contribution in [0.3, 0.4) is 0 Å². The molecule has 2 aromatic rings. The second-order valence-electron chi connectivity index (χ2n) is 7.29. The number of piperidine rings is 1. The molecule has 0 atom stereocenters. The molecule has 27 heavy (non-hydrogen) atoms. The quantitative estimate of drug-likeness (QED) is 0.779. The van der Waals surface area contributed by atoms with Gasteiger partial charge in [-0.05, 0) is 56.3 Å². The fourth-order valence-electron chi connectivity index (χ4n) is 3.40. The van der Waals surface area contributed by atoms with Crippen LogP contribution in [0.4, 0.5) is 0 Å². The number of ether oxygens (including phenoxy) is 1. The van der Waals surface area contributed by atoms with E-state index in [1.165, 1.54) is 12.8 Å². The maximum atomic E-state index is 12.8. The number of nitrogens with one attached hydrogen (secondary N) is 1. The zero-order valence-corrected chi connectivity index (χ0v) is 16.2. The summed E-state index contributed by atoms with van der Waals surface area (Å²) in [6.07, 6.45) is 6.33. The summed E-state index contributed by atoms with van der Waals surface area (Å²) in [6, 6.07) is 12.0. The van der Waals surface area contributed by atoms with Crippen LogP contribution >= 0.6 is 12.4 Å². The van der Waals surface area contributed by atoms with Gasteiger partial charge in [0.2, 0.25) is 0 Å². The first-order chi connectivity index (χ1) is 12.8. The van der Waals surface area contributed by atoms with Gasteiger partial charge in [0, 0.05) is 24.7 Å². The standard InChI is InChI=1S/C21H26N2O3.ClH/c24-21(23-11-8-18(9-12-23)22-14-16-6-7-16)20-17(10-13-25-20)15-26-19-4-2-1-3-5-19;/h1-5,10,13,16,18,22H,6-9,11-12,14-15H2;1H. The van der Waals surface area contributed by atoms with Crippen LogP contribution in [-0.4, -0.2) is 36.5 Å². The maximum Gasteiger partial charge on any atom is 0.289 e. The summed E-state index contributed by atoms with van der Waals surface area (Å²) in [5.74, 6) is 2.06. The molecule has 146 valence electrons. The molecule has 1 aliphatic carbocycles. The second-order valence-corrected chi connectivity index (χ2v) is 7.29. The molecule has 0 bridgehead atoms. The summed E-state index contributed by atoms with van der Waals surface area (Å²) in [4.78, 5) is 14.7. The number of benzene rings is 1. The van der Waals surface area contributed by atoms with Crippen LogP contribution in [0.25, 0.3) is 0 Å². The van der Waals surface area contributed by atoms with Gasteiger partial charge >= 0.3 is 0 Å². The Labute approximate surface area is 166 Å². The average molecular weight is 391 g/mol. The van der Waals surface area contributed by atoms with E-state index in [1.807, 2.05) is 41.3 Å². The van der Waals surface area contributed by atoms with Crippen molar-refractivity contribution in [3.63, 3.8) is 0 Å². The highest BCUT2D eigenvalue weighted by Crippen LogP contribution is 2.28. The number of carbonyl (C=O) groups is 1. The Morgan fingerprint density at radius 3 is 2.56 bits per heavy atom. The van der Waals surface area contributed by atoms with Gasteiger partial charge in [0.1, 0.15) is 12.4 Å². The molecule has 1 N–H and O–H groups in total. The average Bonchev–Trinajstić information content (AvgIpc) is 3.41. The van der Waals surface area contributed by atoms with Crippen molar-refractivity contribution in [2.45, 2.75) is 38.3 Å². The number of halogens is 1. The first kappa shape index (κ1) is 19.8. The van der Waals surface area contributed by atoms with Crippen molar-refractivity contribution >= 4 is 18.3 Å². The Kier molecular flexibility index (Phi) is 6.80. The molecular formula is C21H27ClN2O3. The second kappa shape index (κ2) is 9.29. The summed E-state index contributed by atoms with van der Waals surface area (Å²) in [5.41, 5.74) is 0.799. The summed E-state index contributed by atoms with van der Waals surface area (Å²) in [5, 5.41) is 3.65.